The Labute approximate surface area is 239 Å². The minimum absolute atomic E-state index is 0.0746. The van der Waals surface area contributed by atoms with Gasteiger partial charge in [0.05, 0.1) is 6.04 Å². The van der Waals surface area contributed by atoms with Crippen LogP contribution in [0.1, 0.15) is 28.7 Å². The van der Waals surface area contributed by atoms with Crippen LogP contribution in [0.5, 0.6) is 5.75 Å². The standard InChI is InChI=1S/C27H41N11O3/c1-15-10-19(39)11-16(2)20(15)13-22(38-27(32)33)24(41)37-21(8-9-34-25(28)29)23(40)35-14-18(36-26(30)31)12-17-6-4-3-5-7-17/h3-7,10-11,18,21-22,39H,8-9,12-14H2,1-2H3,(H,35,40)(H,37,41)(H4,28,29,34)(H4,30,31,36)(H4,32,33,38)/t18?,21-,22+/m1/s1. The molecular formula is C27H41N11O3. The number of nitrogens with two attached hydrogens (primary N) is 6. The number of guanidine groups is 3. The smallest absolute Gasteiger partial charge is 0.245 e. The summed E-state index contributed by atoms with van der Waals surface area (Å²) in [7, 11) is 0. The first-order valence-electron chi connectivity index (χ1n) is 13.0. The van der Waals surface area contributed by atoms with Gasteiger partial charge in [0.25, 0.3) is 0 Å². The summed E-state index contributed by atoms with van der Waals surface area (Å²) in [5, 5.41) is 15.4. The molecule has 0 saturated carbocycles. The SMILES string of the molecule is Cc1cc(O)cc(C)c1C[C@H](N=C(N)N)C(=O)N[C@H](CCN=C(N)N)C(=O)NCC(Cc1ccccc1)N=C(N)N. The molecular weight excluding hydrogens is 526 g/mol. The van der Waals surface area contributed by atoms with Gasteiger partial charge in [-0.15, -0.1) is 0 Å². The molecule has 0 fully saturated rings. The van der Waals surface area contributed by atoms with Crippen LogP contribution in [0, 0.1) is 13.8 Å². The second-order valence-electron chi connectivity index (χ2n) is 9.63. The average Bonchev–Trinajstić information content (AvgIpc) is 2.87. The normalized spacial score (nSPS) is 12.7. The van der Waals surface area contributed by atoms with Crippen molar-refractivity contribution >= 4 is 29.7 Å². The highest BCUT2D eigenvalue weighted by atomic mass is 16.3. The van der Waals surface area contributed by atoms with Crippen LogP contribution in [0.25, 0.3) is 0 Å². The van der Waals surface area contributed by atoms with Crippen molar-refractivity contribution in [3.05, 3.63) is 64.7 Å². The summed E-state index contributed by atoms with van der Waals surface area (Å²) >= 11 is 0. The molecule has 2 aromatic carbocycles. The molecule has 2 rings (SSSR count). The summed E-state index contributed by atoms with van der Waals surface area (Å²) in [6, 6.07) is 10.2. The zero-order valence-corrected chi connectivity index (χ0v) is 23.4. The van der Waals surface area contributed by atoms with E-state index in [0.717, 1.165) is 22.3 Å². The monoisotopic (exact) mass is 567 g/mol. The third kappa shape index (κ3) is 11.3. The van der Waals surface area contributed by atoms with Crippen molar-refractivity contribution in [2.45, 2.75) is 51.2 Å². The molecule has 222 valence electrons. The lowest BCUT2D eigenvalue weighted by Gasteiger charge is -2.22. The predicted molar refractivity (Wildman–Crippen MR) is 161 cm³/mol. The Morgan fingerprint density at radius 1 is 0.854 bits per heavy atom. The molecule has 14 heteroatoms. The highest BCUT2D eigenvalue weighted by molar-refractivity contribution is 5.91. The Balaban J connectivity index is 2.24. The summed E-state index contributed by atoms with van der Waals surface area (Å²) in [5.74, 6) is -1.52. The fraction of sp³-hybridized carbons (Fsp3) is 0.370. The number of nitrogens with one attached hydrogen (secondary N) is 2. The number of aliphatic imine (C=N–C) groups is 3. The van der Waals surface area contributed by atoms with E-state index in [0.29, 0.717) is 6.42 Å². The Bertz CT molecular complexity index is 1240. The van der Waals surface area contributed by atoms with Crippen LogP contribution in [0.15, 0.2) is 57.4 Å². The zero-order chi connectivity index (χ0) is 30.5. The van der Waals surface area contributed by atoms with Crippen LogP contribution in [-0.2, 0) is 22.4 Å². The first kappa shape index (κ1) is 32.2. The highest BCUT2D eigenvalue weighted by Gasteiger charge is 2.27. The Morgan fingerprint density at radius 3 is 2.02 bits per heavy atom. The van der Waals surface area contributed by atoms with Gasteiger partial charge in [-0.05, 0) is 61.1 Å². The maximum Gasteiger partial charge on any atom is 0.245 e. The molecule has 0 heterocycles. The number of aromatic hydroxyl groups is 1. The topological polar surface area (TPSA) is 272 Å². The number of rotatable bonds is 14. The molecule has 41 heavy (non-hydrogen) atoms. The number of carbonyl (C=O) groups excluding carboxylic acids is 2. The predicted octanol–water partition coefficient (Wildman–Crippen LogP) is -1.66. The van der Waals surface area contributed by atoms with Gasteiger partial charge in [0.1, 0.15) is 17.8 Å². The highest BCUT2D eigenvalue weighted by Crippen LogP contribution is 2.23. The van der Waals surface area contributed by atoms with Gasteiger partial charge in [-0.1, -0.05) is 30.3 Å². The molecule has 0 aromatic heterocycles. The van der Waals surface area contributed by atoms with E-state index in [-0.39, 0.29) is 49.6 Å². The van der Waals surface area contributed by atoms with Crippen molar-refractivity contribution in [3.8, 4) is 5.75 Å². The maximum atomic E-state index is 13.4. The van der Waals surface area contributed by atoms with E-state index in [4.69, 9.17) is 34.4 Å². The van der Waals surface area contributed by atoms with Crippen LogP contribution < -0.4 is 45.0 Å². The van der Waals surface area contributed by atoms with Crippen molar-refractivity contribution in [1.82, 2.24) is 10.6 Å². The van der Waals surface area contributed by atoms with E-state index in [1.165, 1.54) is 0 Å². The quantitative estimate of drug-likeness (QED) is 0.0932. The summed E-state index contributed by atoms with van der Waals surface area (Å²) in [4.78, 5) is 39.0. The molecule has 0 spiro atoms. The van der Waals surface area contributed by atoms with Gasteiger partial charge in [-0.25, -0.2) is 9.98 Å². The minimum Gasteiger partial charge on any atom is -0.508 e. The van der Waals surface area contributed by atoms with Crippen molar-refractivity contribution in [1.29, 1.82) is 0 Å². The second-order valence-corrected chi connectivity index (χ2v) is 9.63. The number of phenolic OH excluding ortho intramolecular Hbond substituents is 1. The molecule has 14 nitrogen and oxygen atoms in total. The van der Waals surface area contributed by atoms with Gasteiger partial charge in [0.2, 0.25) is 11.8 Å². The van der Waals surface area contributed by atoms with Gasteiger partial charge < -0.3 is 50.1 Å². The summed E-state index contributed by atoms with van der Waals surface area (Å²) in [5.41, 5.74) is 36.6. The molecule has 1 unspecified atom stereocenters. The first-order valence-corrected chi connectivity index (χ1v) is 13.0. The Morgan fingerprint density at radius 2 is 1.46 bits per heavy atom. The number of hydrogen-bond acceptors (Lipinski definition) is 6. The molecule has 3 atom stereocenters. The van der Waals surface area contributed by atoms with Gasteiger partial charge in [-0.2, -0.15) is 0 Å². The van der Waals surface area contributed by atoms with Gasteiger partial charge in [-0.3, -0.25) is 14.6 Å². The number of nitrogens with zero attached hydrogens (tertiary/aromatic N) is 3. The lowest BCUT2D eigenvalue weighted by molar-refractivity contribution is -0.129. The third-order valence-electron chi connectivity index (χ3n) is 6.19. The maximum absolute atomic E-state index is 13.4. The van der Waals surface area contributed by atoms with Crippen LogP contribution in [0.2, 0.25) is 0 Å². The average molecular weight is 568 g/mol. The number of benzene rings is 2. The number of phenols is 1. The zero-order valence-electron chi connectivity index (χ0n) is 23.4. The molecule has 0 aliphatic heterocycles. The van der Waals surface area contributed by atoms with E-state index in [1.807, 2.05) is 30.3 Å². The van der Waals surface area contributed by atoms with E-state index < -0.39 is 29.9 Å². The van der Waals surface area contributed by atoms with E-state index in [2.05, 4.69) is 25.6 Å². The van der Waals surface area contributed by atoms with Crippen molar-refractivity contribution in [2.24, 2.45) is 49.4 Å². The van der Waals surface area contributed by atoms with E-state index in [9.17, 15) is 14.7 Å². The number of hydrogen-bond donors (Lipinski definition) is 9. The van der Waals surface area contributed by atoms with Crippen molar-refractivity contribution in [2.75, 3.05) is 13.1 Å². The Hall–Kier alpha value is -5.01. The number of aryl methyl sites for hydroxylation is 2. The van der Waals surface area contributed by atoms with Crippen LogP contribution in [0.3, 0.4) is 0 Å². The number of carbonyl (C=O) groups is 2. The molecule has 2 amide bonds. The Kier molecular flexibility index (Phi) is 12.2. The van der Waals surface area contributed by atoms with Gasteiger partial charge >= 0.3 is 0 Å². The summed E-state index contributed by atoms with van der Waals surface area (Å²) < 4.78 is 0. The van der Waals surface area contributed by atoms with Crippen LogP contribution in [0.4, 0.5) is 0 Å². The van der Waals surface area contributed by atoms with E-state index >= 15 is 0 Å². The third-order valence-corrected chi connectivity index (χ3v) is 6.19. The largest absolute Gasteiger partial charge is 0.508 e. The first-order chi connectivity index (χ1) is 19.3. The second kappa shape index (κ2) is 15.5. The van der Waals surface area contributed by atoms with Crippen molar-refractivity contribution in [3.63, 3.8) is 0 Å². The minimum atomic E-state index is -1.05. The molecule has 2 aromatic rings. The van der Waals surface area contributed by atoms with Crippen LogP contribution in [-0.4, -0.2) is 66.0 Å². The summed E-state index contributed by atoms with van der Waals surface area (Å²) in [6.45, 7) is 3.79. The molecule has 0 saturated heterocycles. The lowest BCUT2D eigenvalue weighted by Crippen LogP contribution is -2.51. The number of amides is 2. The lowest BCUT2D eigenvalue weighted by atomic mass is 9.95. The molecule has 0 aliphatic rings. The van der Waals surface area contributed by atoms with Crippen LogP contribution >= 0.6 is 0 Å². The van der Waals surface area contributed by atoms with Gasteiger partial charge in [0, 0.05) is 19.5 Å². The van der Waals surface area contributed by atoms with Gasteiger partial charge in [0.15, 0.2) is 17.9 Å². The van der Waals surface area contributed by atoms with E-state index in [1.54, 1.807) is 26.0 Å². The fourth-order valence-electron chi connectivity index (χ4n) is 4.32. The summed E-state index contributed by atoms with van der Waals surface area (Å²) in [6.07, 6.45) is 0.697. The molecule has 15 N–H and O–H groups in total. The molecule has 0 radical (unpaired) electrons. The molecule has 0 aliphatic carbocycles. The fourth-order valence-corrected chi connectivity index (χ4v) is 4.32. The van der Waals surface area contributed by atoms with Crippen molar-refractivity contribution < 1.29 is 14.7 Å². The molecule has 0 bridgehead atoms.